The number of aromatic hydroxyl groups is 1. The number of aliphatic hydroxyl groups is 2. The van der Waals surface area contributed by atoms with Gasteiger partial charge in [0.25, 0.3) is 0 Å². The maximum absolute atomic E-state index is 12.2. The average molecular weight is 286 g/mol. The molecule has 0 aromatic heterocycles. The Labute approximate surface area is 121 Å². The van der Waals surface area contributed by atoms with Crippen LogP contribution in [0.5, 0.6) is 5.75 Å². The van der Waals surface area contributed by atoms with E-state index in [1.807, 2.05) is 0 Å². The Balaban J connectivity index is 2.42. The van der Waals surface area contributed by atoms with Gasteiger partial charge in [-0.3, -0.25) is 9.59 Å². The molecule has 108 valence electrons. The van der Waals surface area contributed by atoms with Crippen molar-refractivity contribution in [2.45, 2.75) is 13.2 Å². The molecule has 2 aromatic carbocycles. The molecule has 3 N–H and O–H groups in total. The van der Waals surface area contributed by atoms with Crippen molar-refractivity contribution in [2.75, 3.05) is 0 Å². The molecule has 2 rings (SSSR count). The Hall–Kier alpha value is -2.50. The minimum Gasteiger partial charge on any atom is -0.507 e. The van der Waals surface area contributed by atoms with Gasteiger partial charge in [-0.25, -0.2) is 0 Å². The van der Waals surface area contributed by atoms with Gasteiger partial charge in [0.15, 0.2) is 0 Å². The third kappa shape index (κ3) is 2.99. The summed E-state index contributed by atoms with van der Waals surface area (Å²) in [7, 11) is 0. The standard InChI is InChI=1S/C16H14O5/c17-8-12-6-11(7-13(9-18)14(12)19)16(21)15(20)10-4-2-1-3-5-10/h1-7,17-19H,8-9H2. The molecular formula is C16H14O5. The zero-order valence-corrected chi connectivity index (χ0v) is 11.1. The second-order valence-electron chi connectivity index (χ2n) is 4.48. The molecule has 0 fully saturated rings. The van der Waals surface area contributed by atoms with Crippen LogP contribution in [-0.2, 0) is 13.2 Å². The van der Waals surface area contributed by atoms with Gasteiger partial charge in [0.1, 0.15) is 5.75 Å². The number of carbonyl (C=O) groups is 2. The SMILES string of the molecule is O=C(C(=O)c1cc(CO)c(O)c(CO)c1)c1ccccc1. The van der Waals surface area contributed by atoms with E-state index in [4.69, 9.17) is 10.2 Å². The smallest absolute Gasteiger partial charge is 0.233 e. The molecule has 0 saturated heterocycles. The van der Waals surface area contributed by atoms with Gasteiger partial charge in [-0.1, -0.05) is 30.3 Å². The summed E-state index contributed by atoms with van der Waals surface area (Å²) in [6.45, 7) is -1.00. The Bertz CT molecular complexity index is 651. The van der Waals surface area contributed by atoms with Crippen molar-refractivity contribution >= 4 is 11.6 Å². The van der Waals surface area contributed by atoms with Gasteiger partial charge >= 0.3 is 0 Å². The summed E-state index contributed by atoms with van der Waals surface area (Å²) in [5.74, 6) is -1.72. The number of aliphatic hydroxyl groups excluding tert-OH is 2. The summed E-state index contributed by atoms with van der Waals surface area (Å²) < 4.78 is 0. The lowest BCUT2D eigenvalue weighted by atomic mass is 9.97. The topological polar surface area (TPSA) is 94.8 Å². The number of rotatable bonds is 5. The van der Waals surface area contributed by atoms with E-state index in [2.05, 4.69) is 0 Å². The van der Waals surface area contributed by atoms with Crippen LogP contribution in [0.2, 0.25) is 0 Å². The molecule has 0 unspecified atom stereocenters. The second-order valence-corrected chi connectivity index (χ2v) is 4.48. The second kappa shape index (κ2) is 6.30. The summed E-state index contributed by atoms with van der Waals surface area (Å²) in [5.41, 5.74) is 0.456. The van der Waals surface area contributed by atoms with Gasteiger partial charge in [-0.15, -0.1) is 0 Å². The van der Waals surface area contributed by atoms with E-state index >= 15 is 0 Å². The van der Waals surface area contributed by atoms with Crippen LogP contribution < -0.4 is 0 Å². The van der Waals surface area contributed by atoms with Crippen molar-refractivity contribution in [1.82, 2.24) is 0 Å². The number of Topliss-reactive ketones (excluding diaryl/α,β-unsaturated/α-hetero) is 2. The zero-order chi connectivity index (χ0) is 15.4. The molecule has 2 aromatic rings. The van der Waals surface area contributed by atoms with Crippen LogP contribution in [0.3, 0.4) is 0 Å². The first kappa shape index (κ1) is 14.9. The predicted octanol–water partition coefficient (Wildman–Crippen LogP) is 1.44. The first-order valence-corrected chi connectivity index (χ1v) is 6.29. The predicted molar refractivity (Wildman–Crippen MR) is 75.1 cm³/mol. The average Bonchev–Trinajstić information content (AvgIpc) is 2.54. The first-order chi connectivity index (χ1) is 10.1. The lowest BCUT2D eigenvalue weighted by Gasteiger charge is -2.09. The highest BCUT2D eigenvalue weighted by molar-refractivity contribution is 6.49. The van der Waals surface area contributed by atoms with Gasteiger partial charge in [-0.05, 0) is 12.1 Å². The van der Waals surface area contributed by atoms with Crippen LogP contribution in [0.1, 0.15) is 31.8 Å². The Morgan fingerprint density at radius 2 is 1.29 bits per heavy atom. The number of phenols is 1. The van der Waals surface area contributed by atoms with Crippen molar-refractivity contribution in [3.8, 4) is 5.75 Å². The van der Waals surface area contributed by atoms with Gasteiger partial charge < -0.3 is 15.3 Å². The van der Waals surface area contributed by atoms with Gasteiger partial charge in [0.05, 0.1) is 13.2 Å². The highest BCUT2D eigenvalue weighted by Gasteiger charge is 2.20. The fraction of sp³-hybridized carbons (Fsp3) is 0.125. The number of benzene rings is 2. The van der Waals surface area contributed by atoms with Crippen LogP contribution in [0.15, 0.2) is 42.5 Å². The minimum absolute atomic E-state index is 0.0229. The highest BCUT2D eigenvalue weighted by atomic mass is 16.3. The summed E-state index contributed by atoms with van der Waals surface area (Å²) in [6, 6.07) is 10.6. The molecule has 0 aliphatic rings. The monoisotopic (exact) mass is 286 g/mol. The number of ketones is 2. The van der Waals surface area contributed by atoms with Crippen LogP contribution in [0, 0.1) is 0 Å². The Morgan fingerprint density at radius 1 is 0.810 bits per heavy atom. The molecule has 5 heteroatoms. The molecule has 0 spiro atoms. The molecule has 0 atom stereocenters. The quantitative estimate of drug-likeness (QED) is 0.571. The summed E-state index contributed by atoms with van der Waals surface area (Å²) in [6.07, 6.45) is 0. The molecule has 0 heterocycles. The summed E-state index contributed by atoms with van der Waals surface area (Å²) in [4.78, 5) is 24.3. The molecule has 0 amide bonds. The zero-order valence-electron chi connectivity index (χ0n) is 11.1. The molecule has 0 aliphatic heterocycles. The van der Waals surface area contributed by atoms with E-state index in [-0.39, 0.29) is 28.0 Å². The van der Waals surface area contributed by atoms with Crippen molar-refractivity contribution in [3.05, 3.63) is 64.7 Å². The van der Waals surface area contributed by atoms with E-state index in [1.165, 1.54) is 24.3 Å². The van der Waals surface area contributed by atoms with Crippen LogP contribution >= 0.6 is 0 Å². The number of carbonyl (C=O) groups excluding carboxylic acids is 2. The van der Waals surface area contributed by atoms with E-state index < -0.39 is 24.8 Å². The molecular weight excluding hydrogens is 272 g/mol. The molecule has 0 radical (unpaired) electrons. The Morgan fingerprint density at radius 3 is 1.76 bits per heavy atom. The van der Waals surface area contributed by atoms with Crippen molar-refractivity contribution in [3.63, 3.8) is 0 Å². The number of hydrogen-bond acceptors (Lipinski definition) is 5. The van der Waals surface area contributed by atoms with E-state index in [1.54, 1.807) is 18.2 Å². The Kier molecular flexibility index (Phi) is 4.47. The summed E-state index contributed by atoms with van der Waals surface area (Å²) in [5, 5.41) is 28.1. The number of hydrogen-bond donors (Lipinski definition) is 3. The maximum Gasteiger partial charge on any atom is 0.233 e. The van der Waals surface area contributed by atoms with Gasteiger partial charge in [0.2, 0.25) is 11.6 Å². The summed E-state index contributed by atoms with van der Waals surface area (Å²) >= 11 is 0. The molecule has 0 saturated carbocycles. The largest absolute Gasteiger partial charge is 0.507 e. The van der Waals surface area contributed by atoms with Crippen molar-refractivity contribution < 1.29 is 24.9 Å². The third-order valence-electron chi connectivity index (χ3n) is 3.11. The first-order valence-electron chi connectivity index (χ1n) is 6.29. The fourth-order valence-corrected chi connectivity index (χ4v) is 1.98. The van der Waals surface area contributed by atoms with Gasteiger partial charge in [-0.2, -0.15) is 0 Å². The van der Waals surface area contributed by atoms with Crippen LogP contribution in [0.4, 0.5) is 0 Å². The van der Waals surface area contributed by atoms with Crippen LogP contribution in [0.25, 0.3) is 0 Å². The lowest BCUT2D eigenvalue weighted by Crippen LogP contribution is -2.15. The third-order valence-corrected chi connectivity index (χ3v) is 3.11. The maximum atomic E-state index is 12.2. The van der Waals surface area contributed by atoms with E-state index in [0.29, 0.717) is 0 Å². The van der Waals surface area contributed by atoms with Crippen molar-refractivity contribution in [2.24, 2.45) is 0 Å². The van der Waals surface area contributed by atoms with Gasteiger partial charge in [0, 0.05) is 22.3 Å². The van der Waals surface area contributed by atoms with Crippen LogP contribution in [-0.4, -0.2) is 26.9 Å². The fourth-order valence-electron chi connectivity index (χ4n) is 1.98. The van der Waals surface area contributed by atoms with E-state index in [9.17, 15) is 14.7 Å². The van der Waals surface area contributed by atoms with Crippen molar-refractivity contribution in [1.29, 1.82) is 0 Å². The molecule has 0 aliphatic carbocycles. The molecule has 0 bridgehead atoms. The van der Waals surface area contributed by atoms with E-state index in [0.717, 1.165) is 0 Å². The molecule has 21 heavy (non-hydrogen) atoms. The lowest BCUT2D eigenvalue weighted by molar-refractivity contribution is 0.0816. The molecule has 5 nitrogen and oxygen atoms in total. The minimum atomic E-state index is -0.759. The highest BCUT2D eigenvalue weighted by Crippen LogP contribution is 2.25. The normalized spacial score (nSPS) is 10.4.